The van der Waals surface area contributed by atoms with Crippen molar-refractivity contribution in [2.75, 3.05) is 26.7 Å². The molecule has 1 aliphatic carbocycles. The number of benzene rings is 1. The summed E-state index contributed by atoms with van der Waals surface area (Å²) < 4.78 is 21.5. The third-order valence-corrected chi connectivity index (χ3v) is 5.35. The van der Waals surface area contributed by atoms with Gasteiger partial charge in [0.2, 0.25) is 8.38 Å². The molecule has 0 aromatic heterocycles. The summed E-state index contributed by atoms with van der Waals surface area (Å²) in [5, 5.41) is 9.25. The summed E-state index contributed by atoms with van der Waals surface area (Å²) in [6, 6.07) is 6.67. The highest BCUT2D eigenvalue weighted by Gasteiger charge is 2.17. The van der Waals surface area contributed by atoms with Gasteiger partial charge in [0.15, 0.2) is 6.35 Å². The average molecular weight is 433 g/mol. The Balaban J connectivity index is 0. The van der Waals surface area contributed by atoms with Crippen LogP contribution < -0.4 is 4.74 Å². The number of methoxy groups -OCH3 is 1. The number of rotatable bonds is 8. The predicted molar refractivity (Wildman–Crippen MR) is 125 cm³/mol. The van der Waals surface area contributed by atoms with E-state index in [0.29, 0.717) is 31.4 Å². The van der Waals surface area contributed by atoms with Gasteiger partial charge in [-0.05, 0) is 44.7 Å². The largest absolute Gasteiger partial charge is 0.508 e. The van der Waals surface area contributed by atoms with Gasteiger partial charge in [-0.3, -0.25) is 0 Å². The SMILES string of the molecule is CC.CC.CCOP(COc1cccc(O)c1)OCC.COC1CCCC(C)C1. The van der Waals surface area contributed by atoms with Gasteiger partial charge >= 0.3 is 0 Å². The first-order chi connectivity index (χ1) is 14.1. The summed E-state index contributed by atoms with van der Waals surface area (Å²) in [7, 11) is 0.824. The van der Waals surface area contributed by atoms with E-state index in [4.69, 9.17) is 18.5 Å². The molecule has 1 aromatic carbocycles. The molecule has 0 bridgehead atoms. The van der Waals surface area contributed by atoms with E-state index in [2.05, 4.69) is 6.92 Å². The fourth-order valence-corrected chi connectivity index (χ4v) is 3.75. The van der Waals surface area contributed by atoms with Crippen molar-refractivity contribution >= 4 is 8.38 Å². The predicted octanol–water partition coefficient (Wildman–Crippen LogP) is 7.38. The van der Waals surface area contributed by atoms with E-state index in [0.717, 1.165) is 5.92 Å². The zero-order valence-electron chi connectivity index (χ0n) is 19.9. The molecule has 2 rings (SSSR count). The summed E-state index contributed by atoms with van der Waals surface area (Å²) in [5.74, 6) is 1.70. The fourth-order valence-electron chi connectivity index (χ4n) is 2.69. The Morgan fingerprint density at radius 3 is 2.10 bits per heavy atom. The van der Waals surface area contributed by atoms with Crippen LogP contribution in [-0.2, 0) is 13.8 Å². The zero-order chi connectivity index (χ0) is 22.5. The van der Waals surface area contributed by atoms with E-state index < -0.39 is 8.38 Å². The van der Waals surface area contributed by atoms with Crippen molar-refractivity contribution in [3.8, 4) is 11.5 Å². The van der Waals surface area contributed by atoms with Crippen molar-refractivity contribution in [2.45, 2.75) is 80.3 Å². The Hall–Kier alpha value is -0.870. The Labute approximate surface area is 181 Å². The van der Waals surface area contributed by atoms with Crippen LogP contribution in [0.2, 0.25) is 0 Å². The number of phenolic OH excluding ortho intramolecular Hbond substituents is 1. The Bertz CT molecular complexity index is 453. The van der Waals surface area contributed by atoms with Crippen LogP contribution >= 0.6 is 8.38 Å². The van der Waals surface area contributed by atoms with E-state index >= 15 is 0 Å². The second kappa shape index (κ2) is 21.8. The molecule has 1 saturated carbocycles. The standard InChI is InChI=1S/C11H17O4P.C8H16O.2C2H6/c1-3-14-16(15-4-2)9-13-11-7-5-6-10(12)8-11;1-7-4-3-5-8(6-7)9-2;2*1-2/h5-8,12H,3-4,9H2,1-2H3;7-8H,3-6H2,1-2H3;2*1-2H3. The first kappa shape index (κ1) is 30.3. The molecule has 1 fully saturated rings. The Morgan fingerprint density at radius 1 is 1.03 bits per heavy atom. The lowest BCUT2D eigenvalue weighted by Gasteiger charge is -2.25. The van der Waals surface area contributed by atoms with E-state index in [-0.39, 0.29) is 5.75 Å². The van der Waals surface area contributed by atoms with E-state index in [1.807, 2.05) is 48.7 Å². The maximum Gasteiger partial charge on any atom is 0.211 e. The van der Waals surface area contributed by atoms with Gasteiger partial charge in [-0.1, -0.05) is 53.5 Å². The first-order valence-electron chi connectivity index (χ1n) is 11.1. The smallest absolute Gasteiger partial charge is 0.211 e. The van der Waals surface area contributed by atoms with Crippen molar-refractivity contribution in [3.05, 3.63) is 24.3 Å². The Morgan fingerprint density at radius 2 is 1.66 bits per heavy atom. The number of hydrogen-bond acceptors (Lipinski definition) is 5. The van der Waals surface area contributed by atoms with Crippen LogP contribution in [0.25, 0.3) is 0 Å². The summed E-state index contributed by atoms with van der Waals surface area (Å²) >= 11 is 0. The van der Waals surface area contributed by atoms with Crippen LogP contribution in [0.1, 0.15) is 74.1 Å². The average Bonchev–Trinajstić information content (AvgIpc) is 2.76. The van der Waals surface area contributed by atoms with Crippen molar-refractivity contribution < 1.29 is 23.6 Å². The molecule has 0 radical (unpaired) electrons. The molecule has 1 aromatic rings. The topological polar surface area (TPSA) is 57.2 Å². The van der Waals surface area contributed by atoms with Crippen LogP contribution in [0, 0.1) is 5.92 Å². The van der Waals surface area contributed by atoms with Gasteiger partial charge in [0.25, 0.3) is 0 Å². The maximum absolute atomic E-state index is 9.25. The van der Waals surface area contributed by atoms with E-state index in [1.165, 1.54) is 25.7 Å². The Kier molecular flexibility index (Phi) is 22.8. The minimum Gasteiger partial charge on any atom is -0.508 e. The molecule has 0 spiro atoms. The molecule has 0 heterocycles. The minimum absolute atomic E-state index is 0.189. The molecule has 29 heavy (non-hydrogen) atoms. The number of aromatic hydroxyl groups is 1. The third kappa shape index (κ3) is 16.6. The number of phenols is 1. The molecule has 5 nitrogen and oxygen atoms in total. The summed E-state index contributed by atoms with van der Waals surface area (Å²) in [6.07, 6.45) is 6.26. The lowest BCUT2D eigenvalue weighted by atomic mass is 9.89. The highest BCUT2D eigenvalue weighted by Crippen LogP contribution is 2.38. The molecule has 0 amide bonds. The van der Waals surface area contributed by atoms with Gasteiger partial charge in [0.05, 0.1) is 19.3 Å². The summed E-state index contributed by atoms with van der Waals surface area (Å²) in [4.78, 5) is 0. The van der Waals surface area contributed by atoms with Crippen LogP contribution in [-0.4, -0.2) is 37.9 Å². The molecule has 2 unspecified atom stereocenters. The monoisotopic (exact) mass is 432 g/mol. The number of hydrogen-bond donors (Lipinski definition) is 1. The fraction of sp³-hybridized carbons (Fsp3) is 0.739. The van der Waals surface area contributed by atoms with E-state index in [1.54, 1.807) is 24.3 Å². The normalized spacial score (nSPS) is 17.7. The van der Waals surface area contributed by atoms with Crippen molar-refractivity contribution in [3.63, 3.8) is 0 Å². The van der Waals surface area contributed by atoms with Crippen LogP contribution in [0.15, 0.2) is 24.3 Å². The molecule has 0 saturated heterocycles. The zero-order valence-corrected chi connectivity index (χ0v) is 20.8. The second-order valence-electron chi connectivity index (χ2n) is 6.07. The van der Waals surface area contributed by atoms with Crippen LogP contribution in [0.3, 0.4) is 0 Å². The molecular formula is C23H45O5P. The van der Waals surface area contributed by atoms with Crippen molar-refractivity contribution in [1.82, 2.24) is 0 Å². The van der Waals surface area contributed by atoms with Crippen LogP contribution in [0.5, 0.6) is 11.5 Å². The van der Waals surface area contributed by atoms with Gasteiger partial charge < -0.3 is 23.6 Å². The quantitative estimate of drug-likeness (QED) is 0.434. The van der Waals surface area contributed by atoms with E-state index in [9.17, 15) is 5.11 Å². The molecular weight excluding hydrogens is 387 g/mol. The summed E-state index contributed by atoms with van der Waals surface area (Å²) in [6.45, 7) is 15.4. The third-order valence-electron chi connectivity index (χ3n) is 3.92. The molecule has 2 atom stereocenters. The number of ether oxygens (including phenoxy) is 2. The lowest BCUT2D eigenvalue weighted by molar-refractivity contribution is 0.0542. The molecule has 1 aliphatic rings. The highest BCUT2D eigenvalue weighted by atomic mass is 31.2. The summed E-state index contributed by atoms with van der Waals surface area (Å²) in [5.41, 5.74) is 0. The lowest BCUT2D eigenvalue weighted by Crippen LogP contribution is -2.19. The van der Waals surface area contributed by atoms with Gasteiger partial charge in [0.1, 0.15) is 11.5 Å². The molecule has 172 valence electrons. The van der Waals surface area contributed by atoms with Gasteiger partial charge in [0, 0.05) is 13.2 Å². The first-order valence-corrected chi connectivity index (χ1v) is 12.4. The molecule has 1 N–H and O–H groups in total. The van der Waals surface area contributed by atoms with Gasteiger partial charge in [-0.25, -0.2) is 0 Å². The van der Waals surface area contributed by atoms with Crippen LogP contribution in [0.4, 0.5) is 0 Å². The van der Waals surface area contributed by atoms with Crippen molar-refractivity contribution in [1.29, 1.82) is 0 Å². The second-order valence-corrected chi connectivity index (χ2v) is 7.51. The molecule has 0 aliphatic heterocycles. The van der Waals surface area contributed by atoms with Gasteiger partial charge in [-0.2, -0.15) is 0 Å². The highest BCUT2D eigenvalue weighted by molar-refractivity contribution is 7.47. The minimum atomic E-state index is -0.998. The van der Waals surface area contributed by atoms with Gasteiger partial charge in [-0.15, -0.1) is 0 Å². The van der Waals surface area contributed by atoms with Crippen molar-refractivity contribution in [2.24, 2.45) is 5.92 Å². The molecule has 6 heteroatoms. The maximum atomic E-state index is 9.25.